The van der Waals surface area contributed by atoms with Crippen LogP contribution in [0.2, 0.25) is 0 Å². The monoisotopic (exact) mass is 582 g/mol. The molecule has 2 fully saturated rings. The molecule has 2 saturated heterocycles. The van der Waals surface area contributed by atoms with E-state index in [2.05, 4.69) is 27.1 Å². The van der Waals surface area contributed by atoms with Crippen molar-refractivity contribution >= 4 is 32.5 Å². The predicted octanol–water partition coefficient (Wildman–Crippen LogP) is 3.55. The van der Waals surface area contributed by atoms with E-state index in [0.717, 1.165) is 36.3 Å². The number of nitrogens with one attached hydrogen (secondary N) is 1. The van der Waals surface area contributed by atoms with Gasteiger partial charge in [-0.3, -0.25) is 9.80 Å². The Balaban J connectivity index is 1.22. The molecule has 12 heteroatoms. The van der Waals surface area contributed by atoms with Crippen LogP contribution in [0, 0.1) is 18.6 Å². The first-order valence-corrected chi connectivity index (χ1v) is 15.5. The van der Waals surface area contributed by atoms with Gasteiger partial charge in [-0.15, -0.1) is 0 Å². The third-order valence-electron chi connectivity index (χ3n) is 7.90. The average molecular weight is 583 g/mol. The fraction of sp³-hybridized carbons (Fsp3) is 0.379. The predicted molar refractivity (Wildman–Crippen MR) is 153 cm³/mol. The number of likely N-dealkylation sites (tertiary alicyclic amines) is 1. The van der Waals surface area contributed by atoms with Crippen molar-refractivity contribution in [3.8, 4) is 5.69 Å². The maximum atomic E-state index is 15.2. The van der Waals surface area contributed by atoms with Crippen LogP contribution in [0.4, 0.5) is 20.4 Å². The highest BCUT2D eigenvalue weighted by Gasteiger charge is 2.24. The maximum Gasteiger partial charge on any atom is 0.229 e. The van der Waals surface area contributed by atoms with Crippen molar-refractivity contribution in [1.29, 1.82) is 0 Å². The number of hydrogen-bond donors (Lipinski definition) is 2. The second-order valence-electron chi connectivity index (χ2n) is 10.9. The summed E-state index contributed by atoms with van der Waals surface area (Å²) in [7, 11) is -3.08. The lowest BCUT2D eigenvalue weighted by Gasteiger charge is -2.26. The van der Waals surface area contributed by atoms with E-state index in [0.29, 0.717) is 23.5 Å². The highest BCUT2D eigenvalue weighted by Crippen LogP contribution is 2.26. The van der Waals surface area contributed by atoms with Gasteiger partial charge in [0.05, 0.1) is 23.3 Å². The standard InChI is InChI=1S/C29H32F2N6O3S/c1-19-2-3-22(12-21(19)16-36-6-5-24(38)17-36)33-29-32-15-20-4-7-37(28(20)34-29)23-13-26(30)25(27(31)14-23)18-35-8-10-41(39,40)11-9-35/h2-4,7,12-15,24,38H,5-6,8-11,16-18H2,1H3,(H,32,33,34). The molecule has 41 heavy (non-hydrogen) atoms. The minimum Gasteiger partial charge on any atom is -0.392 e. The summed E-state index contributed by atoms with van der Waals surface area (Å²) in [5.74, 6) is -1.06. The van der Waals surface area contributed by atoms with Crippen LogP contribution < -0.4 is 5.32 Å². The molecule has 2 N–H and O–H groups in total. The normalized spacial score (nSPS) is 19.7. The van der Waals surface area contributed by atoms with E-state index in [1.165, 1.54) is 12.1 Å². The van der Waals surface area contributed by atoms with Gasteiger partial charge in [0.2, 0.25) is 5.95 Å². The third kappa shape index (κ3) is 6.10. The topological polar surface area (TPSA) is 104 Å². The number of aliphatic hydroxyl groups excluding tert-OH is 1. The number of aliphatic hydroxyl groups is 1. The number of sulfone groups is 1. The molecule has 2 aliphatic rings. The molecule has 0 spiro atoms. The van der Waals surface area contributed by atoms with E-state index in [-0.39, 0.29) is 48.5 Å². The van der Waals surface area contributed by atoms with Crippen LogP contribution in [-0.4, -0.2) is 81.6 Å². The molecule has 4 aromatic rings. The highest BCUT2D eigenvalue weighted by atomic mass is 32.2. The second kappa shape index (κ2) is 11.1. The highest BCUT2D eigenvalue weighted by molar-refractivity contribution is 7.91. The average Bonchev–Trinajstić information content (AvgIpc) is 3.54. The zero-order valence-corrected chi connectivity index (χ0v) is 23.5. The largest absolute Gasteiger partial charge is 0.392 e. The van der Waals surface area contributed by atoms with Crippen molar-refractivity contribution in [2.45, 2.75) is 32.5 Å². The summed E-state index contributed by atoms with van der Waals surface area (Å²) in [5.41, 5.74) is 3.81. The summed E-state index contributed by atoms with van der Waals surface area (Å²) < 4.78 is 55.3. The lowest BCUT2D eigenvalue weighted by atomic mass is 10.1. The Morgan fingerprint density at radius 3 is 2.49 bits per heavy atom. The molecule has 1 atom stereocenters. The molecule has 9 nitrogen and oxygen atoms in total. The number of fused-ring (bicyclic) bond motifs is 1. The van der Waals surface area contributed by atoms with Crippen LogP contribution in [-0.2, 0) is 22.9 Å². The van der Waals surface area contributed by atoms with Crippen LogP contribution in [0.25, 0.3) is 16.7 Å². The van der Waals surface area contributed by atoms with Gasteiger partial charge in [0.1, 0.15) is 17.3 Å². The fourth-order valence-corrected chi connectivity index (χ4v) is 6.72. The lowest BCUT2D eigenvalue weighted by Crippen LogP contribution is -2.40. The van der Waals surface area contributed by atoms with Crippen molar-refractivity contribution in [3.63, 3.8) is 0 Å². The Labute approximate surface area is 237 Å². The van der Waals surface area contributed by atoms with Gasteiger partial charge in [0.15, 0.2) is 9.84 Å². The molecule has 2 aromatic carbocycles. The number of anilines is 2. The number of aromatic nitrogens is 3. The van der Waals surface area contributed by atoms with Crippen LogP contribution >= 0.6 is 0 Å². The fourth-order valence-electron chi connectivity index (χ4n) is 5.44. The van der Waals surface area contributed by atoms with Crippen LogP contribution in [0.3, 0.4) is 0 Å². The SMILES string of the molecule is Cc1ccc(Nc2ncc3ccn(-c4cc(F)c(CN5CCS(=O)(=O)CC5)c(F)c4)c3n2)cc1CN1CCC(O)C1. The number of aryl methyl sites for hydroxylation is 1. The van der Waals surface area contributed by atoms with Gasteiger partial charge in [-0.2, -0.15) is 4.98 Å². The second-order valence-corrected chi connectivity index (χ2v) is 13.2. The van der Waals surface area contributed by atoms with E-state index < -0.39 is 21.5 Å². The Morgan fingerprint density at radius 1 is 1.02 bits per heavy atom. The number of rotatable bonds is 7. The molecule has 4 heterocycles. The molecule has 0 aliphatic carbocycles. The number of hydrogen-bond acceptors (Lipinski definition) is 8. The molecule has 2 aliphatic heterocycles. The van der Waals surface area contributed by atoms with Crippen molar-refractivity contribution in [3.05, 3.63) is 77.1 Å². The molecule has 1 unspecified atom stereocenters. The van der Waals surface area contributed by atoms with E-state index in [1.807, 2.05) is 18.2 Å². The van der Waals surface area contributed by atoms with Crippen LogP contribution in [0.5, 0.6) is 0 Å². The summed E-state index contributed by atoms with van der Waals surface area (Å²) in [6.07, 6.45) is 3.86. The summed E-state index contributed by atoms with van der Waals surface area (Å²) >= 11 is 0. The number of benzene rings is 2. The third-order valence-corrected chi connectivity index (χ3v) is 9.51. The molecule has 0 amide bonds. The molecular weight excluding hydrogens is 550 g/mol. The van der Waals surface area contributed by atoms with Crippen molar-refractivity contribution in [1.82, 2.24) is 24.3 Å². The van der Waals surface area contributed by atoms with Gasteiger partial charge in [-0.1, -0.05) is 6.07 Å². The van der Waals surface area contributed by atoms with Gasteiger partial charge in [0, 0.05) is 68.3 Å². The minimum atomic E-state index is -3.08. The lowest BCUT2D eigenvalue weighted by molar-refractivity contribution is 0.174. The number of β-amino-alcohol motifs (C(OH)–C–C–N with tert-alkyl or cyclic N) is 1. The Morgan fingerprint density at radius 2 is 1.78 bits per heavy atom. The van der Waals surface area contributed by atoms with Gasteiger partial charge in [0.25, 0.3) is 0 Å². The molecule has 6 rings (SSSR count). The van der Waals surface area contributed by atoms with Gasteiger partial charge < -0.3 is 15.0 Å². The smallest absolute Gasteiger partial charge is 0.229 e. The Kier molecular flexibility index (Phi) is 7.49. The van der Waals surface area contributed by atoms with E-state index in [9.17, 15) is 13.5 Å². The Hall–Kier alpha value is -3.45. The molecule has 0 bridgehead atoms. The molecule has 0 saturated carbocycles. The van der Waals surface area contributed by atoms with Gasteiger partial charge >= 0.3 is 0 Å². The van der Waals surface area contributed by atoms with E-state index >= 15 is 8.78 Å². The van der Waals surface area contributed by atoms with Crippen molar-refractivity contribution < 1.29 is 22.3 Å². The zero-order valence-electron chi connectivity index (χ0n) is 22.7. The summed E-state index contributed by atoms with van der Waals surface area (Å²) in [6.45, 7) is 4.83. The van der Waals surface area contributed by atoms with Crippen molar-refractivity contribution in [2.24, 2.45) is 0 Å². The first-order valence-electron chi connectivity index (χ1n) is 13.7. The first-order chi connectivity index (χ1) is 19.6. The molecule has 0 radical (unpaired) electrons. The number of halogens is 2. The van der Waals surface area contributed by atoms with E-state index in [1.54, 1.807) is 27.9 Å². The van der Waals surface area contributed by atoms with Crippen LogP contribution in [0.15, 0.2) is 48.8 Å². The Bertz CT molecular complexity index is 1670. The van der Waals surface area contributed by atoms with E-state index in [4.69, 9.17) is 0 Å². The quantitative estimate of drug-likeness (QED) is 0.341. The summed E-state index contributed by atoms with van der Waals surface area (Å²) in [6, 6.07) is 10.4. The zero-order chi connectivity index (χ0) is 28.7. The summed E-state index contributed by atoms with van der Waals surface area (Å²) in [5, 5.41) is 13.8. The maximum absolute atomic E-state index is 15.2. The van der Waals surface area contributed by atoms with Gasteiger partial charge in [-0.25, -0.2) is 22.2 Å². The van der Waals surface area contributed by atoms with Gasteiger partial charge in [-0.05, 0) is 54.8 Å². The van der Waals surface area contributed by atoms with Crippen molar-refractivity contribution in [2.75, 3.05) is 43.0 Å². The summed E-state index contributed by atoms with van der Waals surface area (Å²) in [4.78, 5) is 13.1. The molecular formula is C29H32F2N6O3S. The minimum absolute atomic E-state index is 0.00695. The first kappa shape index (κ1) is 27.7. The van der Waals surface area contributed by atoms with Crippen LogP contribution in [0.1, 0.15) is 23.1 Å². The molecule has 2 aromatic heterocycles. The number of nitrogens with zero attached hydrogens (tertiary/aromatic N) is 5. The molecule has 216 valence electrons.